The van der Waals surface area contributed by atoms with Crippen LogP contribution in [0, 0.1) is 12.1 Å². The van der Waals surface area contributed by atoms with E-state index in [2.05, 4.69) is 116 Å². The maximum absolute atomic E-state index is 9.77. The normalized spacial score (nSPS) is 20.2. The molecule has 6 nitrogen and oxygen atoms in total. The molecule has 0 saturated carbocycles. The molecule has 1 fully saturated rings. The van der Waals surface area contributed by atoms with E-state index in [1.165, 1.54) is 11.1 Å². The summed E-state index contributed by atoms with van der Waals surface area (Å²) >= 11 is 0. The Labute approximate surface area is 440 Å². The Bertz CT molecular complexity index is 4280. The molecule has 3 aromatic heterocycles. The smallest absolute Gasteiger partial charge is 0.186 e. The summed E-state index contributed by atoms with van der Waals surface area (Å²) in [5, 5.41) is 1.61. The van der Waals surface area contributed by atoms with E-state index in [0.29, 0.717) is 44.2 Å². The molecule has 2 atom stereocenters. The zero-order valence-electron chi connectivity index (χ0n) is 53.4. The van der Waals surface area contributed by atoms with Crippen LogP contribution in [0.25, 0.3) is 55.1 Å². The van der Waals surface area contributed by atoms with Gasteiger partial charge in [-0.25, -0.2) is 4.98 Å². The predicted octanol–water partition coefficient (Wildman–Crippen LogP) is 17.9. The van der Waals surface area contributed by atoms with Crippen LogP contribution in [0.3, 0.4) is 0 Å². The summed E-state index contributed by atoms with van der Waals surface area (Å²) < 4.78 is 102. The van der Waals surface area contributed by atoms with Crippen LogP contribution in [0.1, 0.15) is 119 Å². The molecule has 0 unspecified atom stereocenters. The van der Waals surface area contributed by atoms with Crippen molar-refractivity contribution in [1.82, 2.24) is 23.1 Å². The SMILES string of the molecule is [2H]c1c([2H])c([2H])c2c(c1[2H])c1c([2H])c([2H])c([2H])c([2H])c1n2-c1ccc2c(c1)c1ccc(Oc3cccc([N@@+]45[CH-][N@@+](c6cc(C(C)(C)C)cc(C(C)(C)C)c6)(C4)c4c(C([2H])([2H])C(C)(C)C)cccc45)c3)cc1n2-c1cc(C(C)(C)C)ccn1. The van der Waals surface area contributed by atoms with E-state index >= 15 is 0 Å². The second-order valence-corrected chi connectivity index (χ2v) is 24.1. The summed E-state index contributed by atoms with van der Waals surface area (Å²) in [7, 11) is 0. The molecule has 1 saturated heterocycles. The Kier molecular flexibility index (Phi) is 7.88. The van der Waals surface area contributed by atoms with Gasteiger partial charge in [-0.15, -0.1) is 0 Å². The van der Waals surface area contributed by atoms with Crippen molar-refractivity contribution < 1.29 is 18.4 Å². The van der Waals surface area contributed by atoms with E-state index in [0.717, 1.165) is 50.1 Å². The van der Waals surface area contributed by atoms with Crippen molar-refractivity contribution in [2.45, 2.75) is 106 Å². The van der Waals surface area contributed by atoms with Crippen LogP contribution in [-0.4, -0.2) is 20.8 Å². The zero-order chi connectivity index (χ0) is 59.1. The number of benzene rings is 7. The number of ether oxygens (including phenoxy) is 1. The average molecular weight is 957 g/mol. The lowest BCUT2D eigenvalue weighted by Crippen LogP contribution is -2.67. The first-order valence-corrected chi connectivity index (χ1v) is 25.0. The van der Waals surface area contributed by atoms with Crippen LogP contribution in [0.5, 0.6) is 11.5 Å². The lowest BCUT2D eigenvalue weighted by molar-refractivity contribution is 0.185. The van der Waals surface area contributed by atoms with E-state index in [1.54, 1.807) is 10.8 Å². The molecule has 0 aliphatic carbocycles. The zero-order valence-corrected chi connectivity index (χ0v) is 43.4. The van der Waals surface area contributed by atoms with Crippen LogP contribution in [0.4, 0.5) is 22.7 Å². The topological polar surface area (TPSA) is 32.0 Å². The lowest BCUT2D eigenvalue weighted by atomic mass is 9.80. The van der Waals surface area contributed by atoms with Gasteiger partial charge in [0.25, 0.3) is 0 Å². The third-order valence-electron chi connectivity index (χ3n) is 14.7. The van der Waals surface area contributed by atoms with Crippen molar-refractivity contribution in [3.05, 3.63) is 193 Å². The van der Waals surface area contributed by atoms with Gasteiger partial charge in [0.15, 0.2) is 18.0 Å². The molecule has 10 aromatic rings. The Morgan fingerprint density at radius 3 is 1.85 bits per heavy atom. The molecule has 13 rings (SSSR count). The first-order chi connectivity index (χ1) is 38.2. The molecule has 6 heterocycles. The van der Waals surface area contributed by atoms with E-state index in [9.17, 15) is 5.48 Å². The van der Waals surface area contributed by atoms with Crippen molar-refractivity contribution >= 4 is 66.4 Å². The summed E-state index contributed by atoms with van der Waals surface area (Å²) in [5.41, 5.74) is 9.21. The fourth-order valence-corrected chi connectivity index (χ4v) is 11.0. The van der Waals surface area contributed by atoms with Crippen LogP contribution in [0.2, 0.25) is 0 Å². The van der Waals surface area contributed by atoms with Gasteiger partial charge >= 0.3 is 0 Å². The summed E-state index contributed by atoms with van der Waals surface area (Å²) in [4.78, 5) is 4.94. The molecule has 2 bridgehead atoms. The van der Waals surface area contributed by atoms with Gasteiger partial charge in [-0.05, 0) is 111 Å². The van der Waals surface area contributed by atoms with E-state index in [1.807, 2.05) is 87.5 Å². The number of para-hydroxylation sites is 3. The Morgan fingerprint density at radius 2 is 1.19 bits per heavy atom. The highest BCUT2D eigenvalue weighted by atomic mass is 16.5. The van der Waals surface area contributed by atoms with Crippen LogP contribution in [0.15, 0.2) is 164 Å². The van der Waals surface area contributed by atoms with Crippen molar-refractivity contribution in [2.75, 3.05) is 6.67 Å². The molecule has 0 spiro atoms. The number of nitrogens with zero attached hydrogens (tertiary/aromatic N) is 5. The minimum atomic E-state index is -1.68. The lowest BCUT2D eigenvalue weighted by Gasteiger charge is -2.56. The van der Waals surface area contributed by atoms with Gasteiger partial charge in [0, 0.05) is 72.1 Å². The summed E-state index contributed by atoms with van der Waals surface area (Å²) in [5.74, 6) is 1.83. The summed E-state index contributed by atoms with van der Waals surface area (Å²) in [6.07, 6.45) is 0.131. The van der Waals surface area contributed by atoms with Crippen molar-refractivity contribution in [3.8, 4) is 23.0 Å². The average Bonchev–Trinajstić information content (AvgIpc) is 3.48. The van der Waals surface area contributed by atoms with E-state index in [4.69, 9.17) is 17.9 Å². The Balaban J connectivity index is 1.02. The minimum absolute atomic E-state index is 0.0160. The first-order valence-electron chi connectivity index (χ1n) is 30.0. The van der Waals surface area contributed by atoms with Gasteiger partial charge in [0.1, 0.15) is 28.7 Å². The number of hydrogen-bond donors (Lipinski definition) is 0. The summed E-state index contributed by atoms with van der Waals surface area (Å²) in [6.45, 7) is 28.8. The van der Waals surface area contributed by atoms with E-state index in [-0.39, 0.29) is 62.2 Å². The molecular formula is C66H68N5O+. The van der Waals surface area contributed by atoms with Gasteiger partial charge in [0.05, 0.1) is 39.7 Å². The van der Waals surface area contributed by atoms with Crippen LogP contribution in [-0.2, 0) is 22.6 Å². The summed E-state index contributed by atoms with van der Waals surface area (Å²) in [6, 6.07) is 33.5. The van der Waals surface area contributed by atoms with Gasteiger partial charge in [0.2, 0.25) is 0 Å². The standard InChI is InChI=1S/C66H68N5O/c1-63(2,3)40-43-19-17-26-60-62(43)71(49-34-45(65(7,8)9)33-46(35-49)66(10,11)12)41-70(60,42-71)48-20-18-21-50(38-48)72-51-28-29-54-55-37-47(68-56-24-15-13-22-52(56)53-23-14-16-25-57(53)68)27-30-58(55)69(59(54)39-51)61-36-44(31-32-67-61)64(4,5)6/h13-39,41H,40,42H2,1-12H3/q+1/t70-,71+/m1/s1/i13D,14D,15D,16D,22D,23D,24D,25D,40D2. The van der Waals surface area contributed by atoms with Crippen molar-refractivity contribution in [1.29, 1.82) is 0 Å². The maximum Gasteiger partial charge on any atom is 0.186 e. The monoisotopic (exact) mass is 957 g/mol. The number of fused-ring (bicyclic) bond motifs is 6. The number of pyridine rings is 1. The van der Waals surface area contributed by atoms with Gasteiger partial charge in [-0.2, -0.15) is 0 Å². The third-order valence-corrected chi connectivity index (χ3v) is 14.7. The van der Waals surface area contributed by atoms with Crippen molar-refractivity contribution in [3.63, 3.8) is 0 Å². The molecule has 3 aliphatic rings. The fourth-order valence-electron chi connectivity index (χ4n) is 11.0. The van der Waals surface area contributed by atoms with Crippen molar-refractivity contribution in [2.24, 2.45) is 5.41 Å². The largest absolute Gasteiger partial charge is 0.457 e. The highest BCUT2D eigenvalue weighted by Gasteiger charge is 2.64. The quantitative estimate of drug-likeness (QED) is 0.118. The number of aromatic nitrogens is 3. The molecule has 362 valence electrons. The number of rotatable bonds is 7. The first kappa shape index (κ1) is 36.0. The van der Waals surface area contributed by atoms with Gasteiger partial charge < -0.3 is 9.30 Å². The predicted molar refractivity (Wildman–Crippen MR) is 304 cm³/mol. The molecule has 0 amide bonds. The molecule has 72 heavy (non-hydrogen) atoms. The molecule has 0 radical (unpaired) electrons. The molecule has 6 heteroatoms. The van der Waals surface area contributed by atoms with E-state index < -0.39 is 36.0 Å². The Morgan fingerprint density at radius 1 is 0.556 bits per heavy atom. The molecular weight excluding hydrogens is 879 g/mol. The Hall–Kier alpha value is -6.99. The fraction of sp³-hybridized carbons (Fsp3) is 0.273. The number of quaternary nitrogens is 2. The second kappa shape index (κ2) is 15.8. The minimum Gasteiger partial charge on any atom is -0.457 e. The molecule has 7 aromatic carbocycles. The van der Waals surface area contributed by atoms with Gasteiger partial charge in [-0.1, -0.05) is 144 Å². The number of hydrogen-bond acceptors (Lipinski definition) is 2. The highest BCUT2D eigenvalue weighted by molar-refractivity contribution is 6.12. The highest BCUT2D eigenvalue weighted by Crippen LogP contribution is 2.67. The molecule has 0 N–H and O–H groups in total. The third kappa shape index (κ3) is 7.31. The van der Waals surface area contributed by atoms with Gasteiger partial charge in [-0.3, -0.25) is 13.5 Å². The van der Waals surface area contributed by atoms with Crippen LogP contribution >= 0.6 is 0 Å². The van der Waals surface area contributed by atoms with Crippen LogP contribution < -0.4 is 13.7 Å². The second-order valence-electron chi connectivity index (χ2n) is 24.1. The maximum atomic E-state index is 9.77. The molecule has 3 aliphatic heterocycles.